The lowest BCUT2D eigenvalue weighted by Crippen LogP contribution is -2.45. The van der Waals surface area contributed by atoms with E-state index < -0.39 is 0 Å². The average Bonchev–Trinajstić information content (AvgIpc) is 2.70. The summed E-state index contributed by atoms with van der Waals surface area (Å²) in [7, 11) is 2.26. The number of piperidine rings is 1. The van der Waals surface area contributed by atoms with Gasteiger partial charge < -0.3 is 15.0 Å². The van der Waals surface area contributed by atoms with E-state index >= 15 is 0 Å². The molecule has 0 radical (unpaired) electrons. The van der Waals surface area contributed by atoms with Crippen LogP contribution in [0.1, 0.15) is 26.2 Å². The molecule has 0 amide bonds. The fourth-order valence-corrected chi connectivity index (χ4v) is 2.79. The molecule has 0 aromatic heterocycles. The van der Waals surface area contributed by atoms with Crippen molar-refractivity contribution in [3.8, 4) is 0 Å². The lowest BCUT2D eigenvalue weighted by atomic mass is 9.80. The van der Waals surface area contributed by atoms with Gasteiger partial charge in [0.2, 0.25) is 0 Å². The summed E-state index contributed by atoms with van der Waals surface area (Å²) in [4.78, 5) is 2.51. The second-order valence-corrected chi connectivity index (χ2v) is 5.49. The molecule has 3 nitrogen and oxygen atoms in total. The normalized spacial score (nSPS) is 31.0. The fraction of sp³-hybridized carbons (Fsp3) is 1.00. The summed E-state index contributed by atoms with van der Waals surface area (Å²) in [6.45, 7) is 7.91. The first-order valence-corrected chi connectivity index (χ1v) is 6.18. The summed E-state index contributed by atoms with van der Waals surface area (Å²) < 4.78 is 5.45. The van der Waals surface area contributed by atoms with Crippen LogP contribution in [-0.2, 0) is 4.74 Å². The zero-order valence-corrected chi connectivity index (χ0v) is 10.1. The Morgan fingerprint density at radius 3 is 2.73 bits per heavy atom. The molecule has 2 rings (SSSR count). The van der Waals surface area contributed by atoms with Gasteiger partial charge in [0.15, 0.2) is 0 Å². The molecule has 0 aromatic carbocycles. The number of ether oxygens (including phenoxy) is 1. The number of rotatable bonds is 3. The van der Waals surface area contributed by atoms with Crippen LogP contribution in [0.3, 0.4) is 0 Å². The molecule has 88 valence electrons. The van der Waals surface area contributed by atoms with Crippen LogP contribution < -0.4 is 5.32 Å². The highest BCUT2D eigenvalue weighted by atomic mass is 16.5. The van der Waals surface area contributed by atoms with Gasteiger partial charge in [-0.1, -0.05) is 6.92 Å². The molecule has 2 fully saturated rings. The zero-order chi connectivity index (χ0) is 10.7. The number of likely N-dealkylation sites (N-methyl/N-ethyl adjacent to an activating group) is 1. The van der Waals surface area contributed by atoms with E-state index in [9.17, 15) is 0 Å². The number of nitrogens with zero attached hydrogens (tertiary/aromatic N) is 1. The summed E-state index contributed by atoms with van der Waals surface area (Å²) in [5, 5.41) is 3.44. The molecule has 15 heavy (non-hydrogen) atoms. The molecule has 0 bridgehead atoms. The lowest BCUT2D eigenvalue weighted by Gasteiger charge is -2.39. The molecule has 1 N–H and O–H groups in total. The molecular formula is C12H24N2O. The van der Waals surface area contributed by atoms with Crippen molar-refractivity contribution < 1.29 is 4.74 Å². The quantitative estimate of drug-likeness (QED) is 0.758. The van der Waals surface area contributed by atoms with Crippen molar-refractivity contribution in [3.63, 3.8) is 0 Å². The maximum atomic E-state index is 5.45. The van der Waals surface area contributed by atoms with E-state index in [4.69, 9.17) is 4.74 Å². The van der Waals surface area contributed by atoms with Gasteiger partial charge in [-0.3, -0.25) is 0 Å². The van der Waals surface area contributed by atoms with Gasteiger partial charge in [0, 0.05) is 19.2 Å². The standard InChI is InChI=1S/C12H24N2O/c1-12(4-6-13-7-5-12)10-14(2)11-3-8-15-9-11/h11,13H,3-10H2,1-2H3. The number of hydrogen-bond acceptors (Lipinski definition) is 3. The molecule has 0 aliphatic carbocycles. The van der Waals surface area contributed by atoms with Gasteiger partial charge in [-0.2, -0.15) is 0 Å². The zero-order valence-electron chi connectivity index (χ0n) is 10.1. The van der Waals surface area contributed by atoms with Crippen LogP contribution in [0.5, 0.6) is 0 Å². The Hall–Kier alpha value is -0.120. The Kier molecular flexibility index (Phi) is 3.65. The van der Waals surface area contributed by atoms with Gasteiger partial charge in [0.1, 0.15) is 0 Å². The molecule has 0 spiro atoms. The fourth-order valence-electron chi connectivity index (χ4n) is 2.79. The minimum Gasteiger partial charge on any atom is -0.380 e. The SMILES string of the molecule is CN(CC1(C)CCNCC1)C1CCOC1. The van der Waals surface area contributed by atoms with E-state index in [1.165, 1.54) is 38.9 Å². The summed E-state index contributed by atoms with van der Waals surface area (Å²) >= 11 is 0. The molecule has 1 atom stereocenters. The highest BCUT2D eigenvalue weighted by Gasteiger charge is 2.31. The van der Waals surface area contributed by atoms with Crippen LogP contribution in [0.2, 0.25) is 0 Å². The van der Waals surface area contributed by atoms with Crippen molar-refractivity contribution in [2.75, 3.05) is 39.9 Å². The summed E-state index contributed by atoms with van der Waals surface area (Å²) in [6, 6.07) is 0.664. The summed E-state index contributed by atoms with van der Waals surface area (Å²) in [5.74, 6) is 0. The molecule has 1 unspecified atom stereocenters. The second kappa shape index (κ2) is 4.81. The van der Waals surface area contributed by atoms with E-state index in [1.54, 1.807) is 0 Å². The summed E-state index contributed by atoms with van der Waals surface area (Å²) in [5.41, 5.74) is 0.516. The van der Waals surface area contributed by atoms with E-state index in [0.29, 0.717) is 11.5 Å². The van der Waals surface area contributed by atoms with Crippen molar-refractivity contribution in [2.45, 2.75) is 32.2 Å². The van der Waals surface area contributed by atoms with Crippen LogP contribution in [0.15, 0.2) is 0 Å². The predicted molar refractivity (Wildman–Crippen MR) is 62.1 cm³/mol. The third-order valence-electron chi connectivity index (χ3n) is 3.97. The van der Waals surface area contributed by atoms with Crippen LogP contribution in [0.25, 0.3) is 0 Å². The molecule has 2 heterocycles. The van der Waals surface area contributed by atoms with E-state index in [0.717, 1.165) is 13.2 Å². The monoisotopic (exact) mass is 212 g/mol. The topological polar surface area (TPSA) is 24.5 Å². The first-order valence-electron chi connectivity index (χ1n) is 6.18. The van der Waals surface area contributed by atoms with Gasteiger partial charge in [-0.25, -0.2) is 0 Å². The maximum Gasteiger partial charge on any atom is 0.0622 e. The first kappa shape index (κ1) is 11.4. The van der Waals surface area contributed by atoms with Crippen molar-refractivity contribution in [3.05, 3.63) is 0 Å². The van der Waals surface area contributed by atoms with Crippen LogP contribution in [0.4, 0.5) is 0 Å². The smallest absolute Gasteiger partial charge is 0.0622 e. The highest BCUT2D eigenvalue weighted by Crippen LogP contribution is 2.29. The molecule has 3 heteroatoms. The number of hydrogen-bond donors (Lipinski definition) is 1. The molecule has 2 saturated heterocycles. The Morgan fingerprint density at radius 2 is 2.13 bits per heavy atom. The van der Waals surface area contributed by atoms with Crippen molar-refractivity contribution in [2.24, 2.45) is 5.41 Å². The Balaban J connectivity index is 1.83. The Morgan fingerprint density at radius 1 is 1.40 bits per heavy atom. The average molecular weight is 212 g/mol. The Labute approximate surface area is 93.2 Å². The maximum absolute atomic E-state index is 5.45. The van der Waals surface area contributed by atoms with Crippen molar-refractivity contribution >= 4 is 0 Å². The third kappa shape index (κ3) is 2.92. The first-order chi connectivity index (χ1) is 7.20. The molecule has 0 aromatic rings. The van der Waals surface area contributed by atoms with Gasteiger partial charge in [-0.05, 0) is 44.8 Å². The van der Waals surface area contributed by atoms with Crippen molar-refractivity contribution in [1.29, 1.82) is 0 Å². The highest BCUT2D eigenvalue weighted by molar-refractivity contribution is 4.85. The summed E-state index contributed by atoms with van der Waals surface area (Å²) in [6.07, 6.45) is 3.83. The van der Waals surface area contributed by atoms with Crippen LogP contribution in [-0.4, -0.2) is 50.8 Å². The molecular weight excluding hydrogens is 188 g/mol. The Bertz CT molecular complexity index is 196. The van der Waals surface area contributed by atoms with Gasteiger partial charge in [0.25, 0.3) is 0 Å². The van der Waals surface area contributed by atoms with Crippen LogP contribution >= 0.6 is 0 Å². The van der Waals surface area contributed by atoms with E-state index in [1.807, 2.05) is 0 Å². The van der Waals surface area contributed by atoms with E-state index in [2.05, 4.69) is 24.2 Å². The van der Waals surface area contributed by atoms with Gasteiger partial charge in [-0.15, -0.1) is 0 Å². The van der Waals surface area contributed by atoms with Gasteiger partial charge in [0.05, 0.1) is 6.61 Å². The minimum atomic E-state index is 0.516. The lowest BCUT2D eigenvalue weighted by molar-refractivity contribution is 0.103. The predicted octanol–water partition coefficient (Wildman–Crippen LogP) is 1.10. The van der Waals surface area contributed by atoms with Gasteiger partial charge >= 0.3 is 0 Å². The van der Waals surface area contributed by atoms with E-state index in [-0.39, 0.29) is 0 Å². The third-order valence-corrected chi connectivity index (χ3v) is 3.97. The molecule has 0 saturated carbocycles. The van der Waals surface area contributed by atoms with Crippen LogP contribution in [0, 0.1) is 5.41 Å². The second-order valence-electron chi connectivity index (χ2n) is 5.49. The number of nitrogens with one attached hydrogen (secondary N) is 1. The van der Waals surface area contributed by atoms with Crippen molar-refractivity contribution in [1.82, 2.24) is 10.2 Å². The molecule has 2 aliphatic heterocycles. The largest absolute Gasteiger partial charge is 0.380 e. The molecule has 2 aliphatic rings. The minimum absolute atomic E-state index is 0.516.